The monoisotopic (exact) mass is 267 g/mol. The van der Waals surface area contributed by atoms with Crippen molar-refractivity contribution >= 4 is 0 Å². The second kappa shape index (κ2) is 5.39. The average Bonchev–Trinajstić information content (AvgIpc) is 2.91. The Kier molecular flexibility index (Phi) is 3.60. The summed E-state index contributed by atoms with van der Waals surface area (Å²) in [5, 5.41) is 3.45. The molecule has 0 amide bonds. The van der Waals surface area contributed by atoms with Crippen LogP contribution in [-0.2, 0) is 18.0 Å². The zero-order chi connectivity index (χ0) is 14.1. The highest BCUT2D eigenvalue weighted by atomic mass is 16.5. The summed E-state index contributed by atoms with van der Waals surface area (Å²) in [5.74, 6) is 0. The standard InChI is InChI=1S/C18H21NO/c1-12-4-5-13(2)17(8-12)18(19-3)14-6-7-15-10-20-11-16(15)9-14/h4-9,18-19H,10-11H2,1-3H3. The normalized spacial score (nSPS) is 15.2. The summed E-state index contributed by atoms with van der Waals surface area (Å²) in [6.07, 6.45) is 0. The van der Waals surface area contributed by atoms with Crippen LogP contribution >= 0.6 is 0 Å². The number of benzene rings is 2. The molecule has 2 aromatic carbocycles. The van der Waals surface area contributed by atoms with Gasteiger partial charge in [0.15, 0.2) is 0 Å². The molecule has 1 unspecified atom stereocenters. The van der Waals surface area contributed by atoms with Crippen molar-refractivity contribution in [2.75, 3.05) is 7.05 Å². The topological polar surface area (TPSA) is 21.3 Å². The number of hydrogen-bond donors (Lipinski definition) is 1. The lowest BCUT2D eigenvalue weighted by Gasteiger charge is -2.20. The van der Waals surface area contributed by atoms with E-state index < -0.39 is 0 Å². The largest absolute Gasteiger partial charge is 0.372 e. The van der Waals surface area contributed by atoms with Crippen molar-refractivity contribution in [3.05, 3.63) is 69.8 Å². The van der Waals surface area contributed by atoms with Gasteiger partial charge in [0.05, 0.1) is 19.3 Å². The van der Waals surface area contributed by atoms with Crippen LogP contribution < -0.4 is 5.32 Å². The zero-order valence-corrected chi connectivity index (χ0v) is 12.4. The molecule has 0 spiro atoms. The molecule has 0 saturated carbocycles. The molecule has 0 aromatic heterocycles. The Morgan fingerprint density at radius 1 is 1.00 bits per heavy atom. The lowest BCUT2D eigenvalue weighted by atomic mass is 9.92. The van der Waals surface area contributed by atoms with Crippen LogP contribution in [0.1, 0.15) is 39.4 Å². The summed E-state index contributed by atoms with van der Waals surface area (Å²) in [7, 11) is 2.02. The number of hydrogen-bond acceptors (Lipinski definition) is 2. The van der Waals surface area contributed by atoms with E-state index in [1.165, 1.54) is 33.4 Å². The lowest BCUT2D eigenvalue weighted by Crippen LogP contribution is -2.19. The molecule has 20 heavy (non-hydrogen) atoms. The molecule has 2 heteroatoms. The van der Waals surface area contributed by atoms with Gasteiger partial charge in [-0.05, 0) is 48.7 Å². The highest BCUT2D eigenvalue weighted by molar-refractivity contribution is 5.42. The Labute approximate surface area is 120 Å². The maximum Gasteiger partial charge on any atom is 0.0725 e. The first kappa shape index (κ1) is 13.3. The molecule has 0 bridgehead atoms. The Morgan fingerprint density at radius 2 is 1.80 bits per heavy atom. The molecular weight excluding hydrogens is 246 g/mol. The molecule has 0 saturated heterocycles. The summed E-state index contributed by atoms with van der Waals surface area (Å²) >= 11 is 0. The number of ether oxygens (including phenoxy) is 1. The summed E-state index contributed by atoms with van der Waals surface area (Å²) < 4.78 is 5.51. The van der Waals surface area contributed by atoms with Crippen LogP contribution in [0.3, 0.4) is 0 Å². The zero-order valence-electron chi connectivity index (χ0n) is 12.4. The van der Waals surface area contributed by atoms with Gasteiger partial charge in [0.2, 0.25) is 0 Å². The van der Waals surface area contributed by atoms with Gasteiger partial charge in [-0.3, -0.25) is 0 Å². The van der Waals surface area contributed by atoms with Gasteiger partial charge < -0.3 is 10.1 Å². The van der Waals surface area contributed by atoms with Gasteiger partial charge in [-0.15, -0.1) is 0 Å². The second-order valence-corrected chi connectivity index (χ2v) is 5.60. The molecule has 2 nitrogen and oxygen atoms in total. The van der Waals surface area contributed by atoms with Gasteiger partial charge in [0, 0.05) is 0 Å². The number of aryl methyl sites for hydroxylation is 2. The van der Waals surface area contributed by atoms with Crippen molar-refractivity contribution in [1.82, 2.24) is 5.32 Å². The third-order valence-electron chi connectivity index (χ3n) is 4.11. The molecule has 0 aliphatic carbocycles. The molecule has 0 radical (unpaired) electrons. The average molecular weight is 267 g/mol. The van der Waals surface area contributed by atoms with Crippen molar-refractivity contribution in [2.45, 2.75) is 33.1 Å². The van der Waals surface area contributed by atoms with Crippen LogP contribution in [0.25, 0.3) is 0 Å². The molecule has 1 atom stereocenters. The van der Waals surface area contributed by atoms with Crippen molar-refractivity contribution in [3.8, 4) is 0 Å². The van der Waals surface area contributed by atoms with Crippen molar-refractivity contribution in [2.24, 2.45) is 0 Å². The Bertz CT molecular complexity index is 633. The van der Waals surface area contributed by atoms with E-state index in [2.05, 4.69) is 55.6 Å². The van der Waals surface area contributed by atoms with Crippen LogP contribution in [0.2, 0.25) is 0 Å². The fraction of sp³-hybridized carbons (Fsp3) is 0.333. The highest BCUT2D eigenvalue weighted by Crippen LogP contribution is 2.29. The van der Waals surface area contributed by atoms with E-state index in [4.69, 9.17) is 4.74 Å². The van der Waals surface area contributed by atoms with Crippen LogP contribution in [-0.4, -0.2) is 7.05 Å². The predicted octanol–water partition coefficient (Wildman–Crippen LogP) is 3.64. The lowest BCUT2D eigenvalue weighted by molar-refractivity contribution is 0.134. The molecule has 1 aliphatic rings. The Balaban J connectivity index is 2.03. The molecular formula is C18H21NO. The van der Waals surface area contributed by atoms with E-state index in [1.807, 2.05) is 7.05 Å². The maximum absolute atomic E-state index is 5.51. The van der Waals surface area contributed by atoms with E-state index in [1.54, 1.807) is 0 Å². The first-order valence-electron chi connectivity index (χ1n) is 7.13. The van der Waals surface area contributed by atoms with Crippen LogP contribution in [0.5, 0.6) is 0 Å². The molecule has 3 rings (SSSR count). The number of fused-ring (bicyclic) bond motifs is 1. The minimum Gasteiger partial charge on any atom is -0.372 e. The van der Waals surface area contributed by atoms with Gasteiger partial charge in [-0.25, -0.2) is 0 Å². The fourth-order valence-electron chi connectivity index (χ4n) is 2.94. The van der Waals surface area contributed by atoms with Gasteiger partial charge in [-0.2, -0.15) is 0 Å². The SMILES string of the molecule is CNC(c1ccc2c(c1)COC2)c1cc(C)ccc1C. The van der Waals surface area contributed by atoms with E-state index in [0.29, 0.717) is 0 Å². The minimum absolute atomic E-state index is 0.237. The Hall–Kier alpha value is -1.64. The van der Waals surface area contributed by atoms with Gasteiger partial charge in [0.1, 0.15) is 0 Å². The van der Waals surface area contributed by atoms with E-state index >= 15 is 0 Å². The first-order chi connectivity index (χ1) is 9.69. The van der Waals surface area contributed by atoms with Gasteiger partial charge in [0.25, 0.3) is 0 Å². The molecule has 1 heterocycles. The quantitative estimate of drug-likeness (QED) is 0.916. The first-order valence-corrected chi connectivity index (χ1v) is 7.13. The molecule has 104 valence electrons. The smallest absolute Gasteiger partial charge is 0.0725 e. The summed E-state index contributed by atoms with van der Waals surface area (Å²) in [4.78, 5) is 0. The van der Waals surface area contributed by atoms with Gasteiger partial charge >= 0.3 is 0 Å². The van der Waals surface area contributed by atoms with Crippen LogP contribution in [0.4, 0.5) is 0 Å². The van der Waals surface area contributed by atoms with Crippen LogP contribution in [0, 0.1) is 13.8 Å². The molecule has 1 N–H and O–H groups in total. The third kappa shape index (κ3) is 2.37. The van der Waals surface area contributed by atoms with E-state index in [9.17, 15) is 0 Å². The number of nitrogens with one attached hydrogen (secondary N) is 1. The molecule has 2 aromatic rings. The van der Waals surface area contributed by atoms with Crippen LogP contribution in [0.15, 0.2) is 36.4 Å². The van der Waals surface area contributed by atoms with Crippen molar-refractivity contribution in [3.63, 3.8) is 0 Å². The molecule has 0 fully saturated rings. The van der Waals surface area contributed by atoms with Gasteiger partial charge in [-0.1, -0.05) is 42.0 Å². The van der Waals surface area contributed by atoms with Crippen molar-refractivity contribution in [1.29, 1.82) is 0 Å². The summed E-state index contributed by atoms with van der Waals surface area (Å²) in [5.41, 5.74) is 7.94. The Morgan fingerprint density at radius 3 is 2.60 bits per heavy atom. The second-order valence-electron chi connectivity index (χ2n) is 5.60. The van der Waals surface area contributed by atoms with Crippen molar-refractivity contribution < 1.29 is 4.74 Å². The number of rotatable bonds is 3. The fourth-order valence-corrected chi connectivity index (χ4v) is 2.94. The minimum atomic E-state index is 0.237. The summed E-state index contributed by atoms with van der Waals surface area (Å²) in [6.45, 7) is 5.82. The third-order valence-corrected chi connectivity index (χ3v) is 4.11. The maximum atomic E-state index is 5.51. The summed E-state index contributed by atoms with van der Waals surface area (Å²) in [6, 6.07) is 13.6. The highest BCUT2D eigenvalue weighted by Gasteiger charge is 2.18. The van der Waals surface area contributed by atoms with E-state index in [-0.39, 0.29) is 6.04 Å². The predicted molar refractivity (Wildman–Crippen MR) is 81.8 cm³/mol. The molecule has 1 aliphatic heterocycles. The van der Waals surface area contributed by atoms with E-state index in [0.717, 1.165) is 13.2 Å².